The fraction of sp³-hybridized carbons (Fsp3) is 0.545. The lowest BCUT2D eigenvalue weighted by atomic mass is 10.2. The minimum absolute atomic E-state index is 0.122. The Balaban J connectivity index is 1.78. The molecule has 0 atom stereocenters. The maximum atomic E-state index is 11.6. The average molecular weight is 281 g/mol. The fourth-order valence-corrected chi connectivity index (χ4v) is 2.15. The van der Waals surface area contributed by atoms with Gasteiger partial charge in [0.1, 0.15) is 12.7 Å². The smallest absolute Gasteiger partial charge is 0.358 e. The summed E-state index contributed by atoms with van der Waals surface area (Å²) in [5, 5.41) is 15.3. The number of amides is 3. The molecule has 0 aliphatic heterocycles. The van der Waals surface area contributed by atoms with Gasteiger partial charge in [0.05, 0.1) is 0 Å². The van der Waals surface area contributed by atoms with Gasteiger partial charge in [-0.25, -0.2) is 4.79 Å². The summed E-state index contributed by atoms with van der Waals surface area (Å²) in [7, 11) is 0. The van der Waals surface area contributed by atoms with Crippen LogP contribution in [0.3, 0.4) is 0 Å². The molecule has 3 amide bonds. The van der Waals surface area contributed by atoms with E-state index in [0.717, 1.165) is 31.9 Å². The zero-order valence-corrected chi connectivity index (χ0v) is 10.7. The lowest BCUT2D eigenvalue weighted by Gasteiger charge is -2.12. The zero-order chi connectivity index (χ0) is 14.5. The van der Waals surface area contributed by atoms with Crippen LogP contribution in [0.2, 0.25) is 0 Å². The number of aromatic nitrogens is 2. The van der Waals surface area contributed by atoms with Crippen molar-refractivity contribution in [2.75, 3.05) is 0 Å². The van der Waals surface area contributed by atoms with E-state index in [9.17, 15) is 19.7 Å². The van der Waals surface area contributed by atoms with Crippen LogP contribution >= 0.6 is 0 Å². The number of nitrogens with one attached hydrogen (secondary N) is 2. The van der Waals surface area contributed by atoms with Gasteiger partial charge in [0.25, 0.3) is 0 Å². The van der Waals surface area contributed by atoms with Gasteiger partial charge >= 0.3 is 11.8 Å². The number of rotatable bonds is 4. The fourth-order valence-electron chi connectivity index (χ4n) is 2.15. The molecule has 1 saturated carbocycles. The van der Waals surface area contributed by atoms with Gasteiger partial charge in [0.15, 0.2) is 0 Å². The van der Waals surface area contributed by atoms with Gasteiger partial charge in [-0.15, -0.1) is 0 Å². The zero-order valence-electron chi connectivity index (χ0n) is 10.7. The summed E-state index contributed by atoms with van der Waals surface area (Å²) >= 11 is 0. The van der Waals surface area contributed by atoms with E-state index in [4.69, 9.17) is 0 Å². The Labute approximate surface area is 114 Å². The van der Waals surface area contributed by atoms with Crippen LogP contribution in [0.15, 0.2) is 12.5 Å². The van der Waals surface area contributed by atoms with Crippen LogP contribution in [0.1, 0.15) is 25.7 Å². The molecule has 9 nitrogen and oxygen atoms in total. The Morgan fingerprint density at radius 1 is 1.45 bits per heavy atom. The third kappa shape index (κ3) is 3.77. The normalized spacial score (nSPS) is 15.0. The molecule has 9 heteroatoms. The molecule has 1 fully saturated rings. The van der Waals surface area contributed by atoms with Crippen molar-refractivity contribution in [3.05, 3.63) is 22.6 Å². The maximum absolute atomic E-state index is 11.6. The largest absolute Gasteiger partial charge is 0.381 e. The predicted molar refractivity (Wildman–Crippen MR) is 67.8 cm³/mol. The summed E-state index contributed by atoms with van der Waals surface area (Å²) in [6.07, 6.45) is 6.32. The van der Waals surface area contributed by atoms with Crippen molar-refractivity contribution in [3.8, 4) is 0 Å². The second kappa shape index (κ2) is 6.13. The number of imidazole rings is 1. The van der Waals surface area contributed by atoms with E-state index in [1.807, 2.05) is 0 Å². The van der Waals surface area contributed by atoms with E-state index in [1.165, 1.54) is 10.9 Å². The van der Waals surface area contributed by atoms with Gasteiger partial charge in [-0.05, 0) is 22.7 Å². The van der Waals surface area contributed by atoms with Crippen molar-refractivity contribution in [2.24, 2.45) is 0 Å². The first-order valence-corrected chi connectivity index (χ1v) is 6.31. The van der Waals surface area contributed by atoms with E-state index in [-0.39, 0.29) is 18.4 Å². The minimum Gasteiger partial charge on any atom is -0.358 e. The maximum Gasteiger partial charge on any atom is 0.381 e. The van der Waals surface area contributed by atoms with Crippen molar-refractivity contribution in [3.63, 3.8) is 0 Å². The molecule has 1 aromatic heterocycles. The van der Waals surface area contributed by atoms with E-state index < -0.39 is 16.9 Å². The Kier molecular flexibility index (Phi) is 4.28. The van der Waals surface area contributed by atoms with Crippen molar-refractivity contribution in [2.45, 2.75) is 38.3 Å². The predicted octanol–water partition coefficient (Wildman–Crippen LogP) is 0.560. The van der Waals surface area contributed by atoms with Crippen molar-refractivity contribution < 1.29 is 14.5 Å². The number of carbonyl (C=O) groups is 2. The summed E-state index contributed by atoms with van der Waals surface area (Å²) in [5.74, 6) is -0.888. The topological polar surface area (TPSA) is 119 Å². The van der Waals surface area contributed by atoms with E-state index in [1.54, 1.807) is 0 Å². The number of imide groups is 1. The van der Waals surface area contributed by atoms with Gasteiger partial charge < -0.3 is 20.0 Å². The highest BCUT2D eigenvalue weighted by Crippen LogP contribution is 2.17. The van der Waals surface area contributed by atoms with Crippen LogP contribution < -0.4 is 10.6 Å². The highest BCUT2D eigenvalue weighted by atomic mass is 16.6. The number of nitro groups is 1. The quantitative estimate of drug-likeness (QED) is 0.617. The van der Waals surface area contributed by atoms with Crippen LogP contribution in [-0.2, 0) is 11.3 Å². The minimum atomic E-state index is -0.652. The summed E-state index contributed by atoms with van der Waals surface area (Å²) in [6, 6.07) is -0.409. The van der Waals surface area contributed by atoms with E-state index in [0.29, 0.717) is 0 Å². The molecule has 0 bridgehead atoms. The van der Waals surface area contributed by atoms with Crippen LogP contribution in [0, 0.1) is 10.1 Å². The summed E-state index contributed by atoms with van der Waals surface area (Å²) in [6.45, 7) is -0.196. The summed E-state index contributed by atoms with van der Waals surface area (Å²) in [5.41, 5.74) is 0. The molecule has 108 valence electrons. The molecule has 0 aromatic carbocycles. The molecule has 0 saturated heterocycles. The monoisotopic (exact) mass is 281 g/mol. The molecule has 1 aromatic rings. The van der Waals surface area contributed by atoms with Crippen LogP contribution in [-0.4, -0.2) is 32.5 Å². The molecule has 2 rings (SSSR count). The Bertz CT molecular complexity index is 521. The molecule has 1 aliphatic carbocycles. The van der Waals surface area contributed by atoms with Gasteiger partial charge in [0.2, 0.25) is 12.2 Å². The first-order chi connectivity index (χ1) is 9.54. The Morgan fingerprint density at radius 3 is 2.75 bits per heavy atom. The average Bonchev–Trinajstić information content (AvgIpc) is 2.99. The number of carbonyl (C=O) groups excluding carboxylic acids is 2. The highest BCUT2D eigenvalue weighted by molar-refractivity contribution is 5.94. The van der Waals surface area contributed by atoms with Crippen LogP contribution in [0.5, 0.6) is 0 Å². The first kappa shape index (κ1) is 14.0. The number of urea groups is 1. The molecule has 1 heterocycles. The standard InChI is InChI=1S/C11H15N5O4/c17-10(6-15-5-9(12-7-15)16(19)20)14-11(18)13-8-3-1-2-4-8/h5,7-8H,1-4,6H2,(H2,13,14,17,18). The lowest BCUT2D eigenvalue weighted by molar-refractivity contribution is -0.389. The van der Waals surface area contributed by atoms with E-state index >= 15 is 0 Å². The van der Waals surface area contributed by atoms with Crippen molar-refractivity contribution in [1.29, 1.82) is 0 Å². The van der Waals surface area contributed by atoms with E-state index in [2.05, 4.69) is 15.6 Å². The van der Waals surface area contributed by atoms with Crippen molar-refractivity contribution in [1.82, 2.24) is 20.2 Å². The molecule has 2 N–H and O–H groups in total. The van der Waals surface area contributed by atoms with Gasteiger partial charge in [-0.2, -0.15) is 0 Å². The second-order valence-electron chi connectivity index (χ2n) is 4.66. The Morgan fingerprint density at radius 2 is 2.15 bits per heavy atom. The van der Waals surface area contributed by atoms with Gasteiger partial charge in [0, 0.05) is 6.04 Å². The third-order valence-electron chi connectivity index (χ3n) is 3.08. The molecule has 1 aliphatic rings. The summed E-state index contributed by atoms with van der Waals surface area (Å²) < 4.78 is 1.25. The highest BCUT2D eigenvalue weighted by Gasteiger charge is 2.18. The second-order valence-corrected chi connectivity index (χ2v) is 4.66. The Hall–Kier alpha value is -2.45. The molecule has 20 heavy (non-hydrogen) atoms. The molecule has 0 radical (unpaired) electrons. The molecule has 0 unspecified atom stereocenters. The first-order valence-electron chi connectivity index (χ1n) is 6.31. The molecular weight excluding hydrogens is 266 g/mol. The number of hydrogen-bond donors (Lipinski definition) is 2. The van der Waals surface area contributed by atoms with Crippen LogP contribution in [0.4, 0.5) is 10.6 Å². The lowest BCUT2D eigenvalue weighted by Crippen LogP contribution is -2.44. The summed E-state index contributed by atoms with van der Waals surface area (Å²) in [4.78, 5) is 36.4. The SMILES string of the molecule is O=C(Cn1cnc([N+](=O)[O-])c1)NC(=O)NC1CCCC1. The number of hydrogen-bond acceptors (Lipinski definition) is 5. The van der Waals surface area contributed by atoms with Crippen LogP contribution in [0.25, 0.3) is 0 Å². The molecule has 0 spiro atoms. The number of nitrogens with zero attached hydrogens (tertiary/aromatic N) is 3. The van der Waals surface area contributed by atoms with Crippen molar-refractivity contribution >= 4 is 17.8 Å². The van der Waals surface area contributed by atoms with Gasteiger partial charge in [-0.3, -0.25) is 10.1 Å². The van der Waals surface area contributed by atoms with Gasteiger partial charge in [-0.1, -0.05) is 12.8 Å². The third-order valence-corrected chi connectivity index (χ3v) is 3.08. The molecular formula is C11H15N5O4.